The van der Waals surface area contributed by atoms with Crippen LogP contribution in [0, 0.1) is 6.92 Å². The molecule has 1 aromatic rings. The maximum absolute atomic E-state index is 13.1. The zero-order valence-electron chi connectivity index (χ0n) is 19.7. The summed E-state index contributed by atoms with van der Waals surface area (Å²) in [6, 6.07) is 3.17. The Kier molecular flexibility index (Phi) is 10.3. The first-order chi connectivity index (χ1) is 15.1. The first-order valence-electron chi connectivity index (χ1n) is 10.2. The van der Waals surface area contributed by atoms with Gasteiger partial charge in [0.25, 0.3) is 10.0 Å². The largest absolute Gasteiger partial charge is 0.465 e. The molecule has 1 rings (SSSR count). The van der Waals surface area contributed by atoms with E-state index in [2.05, 4.69) is 4.98 Å². The number of pyridine rings is 1. The van der Waals surface area contributed by atoms with E-state index in [1.165, 1.54) is 26.1 Å². The van der Waals surface area contributed by atoms with Crippen LogP contribution in [0.4, 0.5) is 15.4 Å². The minimum Gasteiger partial charge on any atom is -0.465 e. The number of hydrogen-bond acceptors (Lipinski definition) is 9. The lowest BCUT2D eigenvalue weighted by Crippen LogP contribution is -2.46. The topological polar surface area (TPSA) is 153 Å². The smallest absolute Gasteiger partial charge is 0.424 e. The highest BCUT2D eigenvalue weighted by Gasteiger charge is 2.40. The van der Waals surface area contributed by atoms with Crippen molar-refractivity contribution in [1.29, 1.82) is 0 Å². The van der Waals surface area contributed by atoms with E-state index in [1.807, 2.05) is 0 Å². The average molecular weight is 510 g/mol. The average Bonchev–Trinajstić information content (AvgIpc) is 2.62. The second-order valence-corrected chi connectivity index (χ2v) is 12.2. The summed E-state index contributed by atoms with van der Waals surface area (Å²) in [5.41, 5.74) is -1.42. The van der Waals surface area contributed by atoms with Crippen LogP contribution in [-0.2, 0) is 28.4 Å². The highest BCUT2D eigenvalue weighted by atomic mass is 32.2. The number of rotatable bonds is 11. The van der Waals surface area contributed by atoms with Crippen LogP contribution in [0.3, 0.4) is 0 Å². The fourth-order valence-electron chi connectivity index (χ4n) is 2.60. The molecule has 0 atom stereocenters. The van der Waals surface area contributed by atoms with Crippen molar-refractivity contribution in [3.63, 3.8) is 0 Å². The molecular formula is C19H32N3O9PS. The number of carbonyl (C=O) groups excluding carboxylic acids is 1. The Morgan fingerprint density at radius 3 is 2.18 bits per heavy atom. The van der Waals surface area contributed by atoms with Gasteiger partial charge in [0.05, 0.1) is 19.8 Å². The maximum atomic E-state index is 13.1. The standard InChI is InChI=1S/C19H32N3O9PS/c1-7-29-32(26,30-8-2)14-33(27,28)22(18(25)31-19(4,5)6)12-11-21(17(23)24)16-13-15(3)9-10-20-16/h9-10,13H,7-8,11-12,14H2,1-6H3,(H,23,24). The zero-order chi connectivity index (χ0) is 25.4. The molecule has 1 aromatic heterocycles. The van der Waals surface area contributed by atoms with E-state index in [0.29, 0.717) is 4.31 Å². The number of sulfonamides is 1. The lowest BCUT2D eigenvalue weighted by atomic mass is 10.2. The summed E-state index contributed by atoms with van der Waals surface area (Å²) in [4.78, 5) is 29.3. The molecule has 0 spiro atoms. The molecule has 1 N–H and O–H groups in total. The SMILES string of the molecule is CCOP(=O)(CS(=O)(=O)N(CCN(C(=O)O)c1cc(C)ccn1)C(=O)OC(C)(C)C)OCC. The van der Waals surface area contributed by atoms with Gasteiger partial charge in [-0.3, -0.25) is 9.46 Å². The van der Waals surface area contributed by atoms with Crippen LogP contribution in [0.1, 0.15) is 40.2 Å². The third-order valence-corrected chi connectivity index (χ3v) is 8.72. The molecule has 0 aliphatic rings. The number of ether oxygens (including phenoxy) is 1. The van der Waals surface area contributed by atoms with Gasteiger partial charge in [-0.2, -0.15) is 0 Å². The lowest BCUT2D eigenvalue weighted by Gasteiger charge is -2.29. The van der Waals surface area contributed by atoms with Gasteiger partial charge in [0.1, 0.15) is 11.4 Å². The first-order valence-corrected chi connectivity index (χ1v) is 13.5. The molecule has 0 unspecified atom stereocenters. The quantitative estimate of drug-likeness (QED) is 0.437. The third-order valence-electron chi connectivity index (χ3n) is 3.84. The van der Waals surface area contributed by atoms with E-state index < -0.39 is 54.0 Å². The molecular weight excluding hydrogens is 477 g/mol. The highest BCUT2D eigenvalue weighted by molar-refractivity contribution is 7.96. The monoisotopic (exact) mass is 509 g/mol. The minimum absolute atomic E-state index is 0.0540. The molecule has 0 saturated heterocycles. The molecule has 0 bridgehead atoms. The van der Waals surface area contributed by atoms with Gasteiger partial charge in [0.15, 0.2) is 5.49 Å². The molecule has 0 aromatic carbocycles. The molecule has 2 amide bonds. The van der Waals surface area contributed by atoms with E-state index >= 15 is 0 Å². The van der Waals surface area contributed by atoms with Crippen LogP contribution in [0.25, 0.3) is 0 Å². The second-order valence-electron chi connectivity index (χ2n) is 7.87. The van der Waals surface area contributed by atoms with Crippen molar-refractivity contribution < 1.29 is 41.5 Å². The molecule has 0 aliphatic carbocycles. The van der Waals surface area contributed by atoms with Gasteiger partial charge in [-0.05, 0) is 59.2 Å². The number of hydrogen-bond donors (Lipinski definition) is 1. The van der Waals surface area contributed by atoms with Gasteiger partial charge >= 0.3 is 19.8 Å². The number of aryl methyl sites for hydroxylation is 1. The van der Waals surface area contributed by atoms with Gasteiger partial charge in [-0.25, -0.2) is 27.3 Å². The summed E-state index contributed by atoms with van der Waals surface area (Å²) < 4.78 is 54.7. The van der Waals surface area contributed by atoms with E-state index in [9.17, 15) is 27.7 Å². The van der Waals surface area contributed by atoms with Crippen LogP contribution in [-0.4, -0.2) is 72.4 Å². The maximum Gasteiger partial charge on any atom is 0.424 e. The highest BCUT2D eigenvalue weighted by Crippen LogP contribution is 2.49. The number of aromatic nitrogens is 1. The summed E-state index contributed by atoms with van der Waals surface area (Å²) in [5, 5.41) is 9.60. The number of carbonyl (C=O) groups is 2. The van der Waals surface area contributed by atoms with E-state index in [4.69, 9.17) is 13.8 Å². The molecule has 0 saturated carbocycles. The Labute approximate surface area is 194 Å². The molecule has 0 fully saturated rings. The Morgan fingerprint density at radius 2 is 1.73 bits per heavy atom. The molecule has 0 radical (unpaired) electrons. The van der Waals surface area contributed by atoms with Gasteiger partial charge in [0.2, 0.25) is 0 Å². The van der Waals surface area contributed by atoms with Crippen molar-refractivity contribution in [2.24, 2.45) is 0 Å². The zero-order valence-corrected chi connectivity index (χ0v) is 21.4. The lowest BCUT2D eigenvalue weighted by molar-refractivity contribution is 0.0394. The molecule has 0 aliphatic heterocycles. The number of anilines is 1. The summed E-state index contributed by atoms with van der Waals surface area (Å²) >= 11 is 0. The third kappa shape index (κ3) is 9.28. The Bertz CT molecular complexity index is 969. The van der Waals surface area contributed by atoms with Gasteiger partial charge in [-0.1, -0.05) is 0 Å². The van der Waals surface area contributed by atoms with Crippen molar-refractivity contribution in [3.8, 4) is 0 Å². The molecule has 14 heteroatoms. The number of amides is 2. The first kappa shape index (κ1) is 28.8. The Morgan fingerprint density at radius 1 is 1.15 bits per heavy atom. The van der Waals surface area contributed by atoms with Gasteiger partial charge in [-0.15, -0.1) is 0 Å². The summed E-state index contributed by atoms with van der Waals surface area (Å²) in [6.07, 6.45) is -1.24. The molecule has 12 nitrogen and oxygen atoms in total. The number of carboxylic acid groups (broad SMARTS) is 1. The number of nitrogens with zero attached hydrogens (tertiary/aromatic N) is 3. The van der Waals surface area contributed by atoms with Crippen molar-refractivity contribution in [2.45, 2.75) is 47.1 Å². The predicted molar refractivity (Wildman–Crippen MR) is 122 cm³/mol. The van der Waals surface area contributed by atoms with Crippen molar-refractivity contribution >= 4 is 35.6 Å². The van der Waals surface area contributed by atoms with E-state index in [-0.39, 0.29) is 19.0 Å². The summed E-state index contributed by atoms with van der Waals surface area (Å²) in [6.45, 7) is 8.18. The minimum atomic E-state index is -4.60. The Balaban J connectivity index is 3.29. The normalized spacial score (nSPS) is 12.3. The van der Waals surface area contributed by atoms with Gasteiger partial charge < -0.3 is 18.9 Å². The molecule has 1 heterocycles. The molecule has 33 heavy (non-hydrogen) atoms. The van der Waals surface area contributed by atoms with Gasteiger partial charge in [0, 0.05) is 12.7 Å². The second kappa shape index (κ2) is 11.8. The van der Waals surface area contributed by atoms with Crippen LogP contribution >= 0.6 is 7.60 Å². The van der Waals surface area contributed by atoms with Crippen molar-refractivity contribution in [3.05, 3.63) is 23.9 Å². The fourth-order valence-corrected chi connectivity index (χ4v) is 6.84. The van der Waals surface area contributed by atoms with Crippen LogP contribution in [0.5, 0.6) is 0 Å². The summed E-state index contributed by atoms with van der Waals surface area (Å²) in [5.74, 6) is 0.0540. The fraction of sp³-hybridized carbons (Fsp3) is 0.632. The Hall–Kier alpha value is -2.21. The predicted octanol–water partition coefficient (Wildman–Crippen LogP) is 3.66. The van der Waals surface area contributed by atoms with Crippen molar-refractivity contribution in [1.82, 2.24) is 9.29 Å². The van der Waals surface area contributed by atoms with Crippen LogP contribution in [0.2, 0.25) is 0 Å². The molecule has 188 valence electrons. The van der Waals surface area contributed by atoms with Crippen LogP contribution < -0.4 is 4.90 Å². The van der Waals surface area contributed by atoms with Crippen LogP contribution in [0.15, 0.2) is 18.3 Å². The van der Waals surface area contributed by atoms with E-state index in [1.54, 1.807) is 33.8 Å². The van der Waals surface area contributed by atoms with Crippen molar-refractivity contribution in [2.75, 3.05) is 36.7 Å². The van der Waals surface area contributed by atoms with E-state index in [0.717, 1.165) is 10.5 Å². The summed E-state index contributed by atoms with van der Waals surface area (Å²) in [7, 11) is -8.70.